The molecule has 0 aliphatic carbocycles. The molecule has 0 fully saturated rings. The van der Waals surface area contributed by atoms with Crippen LogP contribution in [0.15, 0.2) is 23.6 Å². The molecule has 18 heavy (non-hydrogen) atoms. The number of aryl methyl sites for hydroxylation is 2. The summed E-state index contributed by atoms with van der Waals surface area (Å²) in [4.78, 5) is 4.42. The number of aromatic nitrogens is 1. The van der Waals surface area contributed by atoms with Crippen molar-refractivity contribution in [2.24, 2.45) is 5.84 Å². The van der Waals surface area contributed by atoms with Crippen molar-refractivity contribution in [3.63, 3.8) is 0 Å². The quantitative estimate of drug-likeness (QED) is 0.660. The zero-order valence-electron chi connectivity index (χ0n) is 10.4. The minimum absolute atomic E-state index is 0.0452. The number of hydrazine groups is 1. The predicted octanol–water partition coefficient (Wildman–Crippen LogP) is 2.65. The van der Waals surface area contributed by atoms with Gasteiger partial charge in [0.25, 0.3) is 0 Å². The number of halogens is 1. The van der Waals surface area contributed by atoms with Crippen molar-refractivity contribution in [3.8, 4) is 0 Å². The summed E-state index contributed by atoms with van der Waals surface area (Å²) in [5.74, 6) is 5.37. The van der Waals surface area contributed by atoms with E-state index in [4.69, 9.17) is 5.84 Å². The molecule has 0 bridgehead atoms. The van der Waals surface area contributed by atoms with E-state index in [2.05, 4.69) is 10.4 Å². The van der Waals surface area contributed by atoms with Crippen LogP contribution in [0.25, 0.3) is 0 Å². The van der Waals surface area contributed by atoms with Crippen LogP contribution in [0.4, 0.5) is 4.39 Å². The molecule has 1 aromatic carbocycles. The van der Waals surface area contributed by atoms with E-state index in [1.165, 1.54) is 12.1 Å². The van der Waals surface area contributed by atoms with Gasteiger partial charge in [-0.2, -0.15) is 0 Å². The van der Waals surface area contributed by atoms with Gasteiger partial charge in [-0.1, -0.05) is 6.07 Å². The molecule has 1 aromatic heterocycles. The normalized spacial score (nSPS) is 12.7. The summed E-state index contributed by atoms with van der Waals surface area (Å²) in [6, 6.07) is 4.71. The summed E-state index contributed by atoms with van der Waals surface area (Å²) >= 11 is 1.62. The summed E-state index contributed by atoms with van der Waals surface area (Å²) in [6.45, 7) is 3.85. The highest BCUT2D eigenvalue weighted by molar-refractivity contribution is 7.09. The van der Waals surface area contributed by atoms with Crippen molar-refractivity contribution >= 4 is 11.3 Å². The highest BCUT2D eigenvalue weighted by atomic mass is 32.1. The van der Waals surface area contributed by atoms with E-state index in [1.54, 1.807) is 17.4 Å². The molecule has 0 aliphatic rings. The standard InChI is InChI=1S/C13H16FN3S/c1-8-5-10(14)3-4-11(8)12(17-15)6-13-16-9(2)7-18-13/h3-5,7,12,17H,6,15H2,1-2H3. The molecular weight excluding hydrogens is 249 g/mol. The number of nitrogens with one attached hydrogen (secondary N) is 1. The van der Waals surface area contributed by atoms with Crippen LogP contribution in [0, 0.1) is 19.7 Å². The van der Waals surface area contributed by atoms with Gasteiger partial charge in [0.15, 0.2) is 0 Å². The Kier molecular flexibility index (Phi) is 4.06. The summed E-state index contributed by atoms with van der Waals surface area (Å²) in [5, 5.41) is 3.04. The van der Waals surface area contributed by atoms with Gasteiger partial charge in [-0.25, -0.2) is 9.37 Å². The second-order valence-corrected chi connectivity index (χ2v) is 5.25. The highest BCUT2D eigenvalue weighted by Gasteiger charge is 2.15. The van der Waals surface area contributed by atoms with Crippen molar-refractivity contribution in [1.29, 1.82) is 0 Å². The first-order chi connectivity index (χ1) is 8.60. The second kappa shape index (κ2) is 5.56. The van der Waals surface area contributed by atoms with E-state index in [9.17, 15) is 4.39 Å². The smallest absolute Gasteiger partial charge is 0.123 e. The molecule has 3 N–H and O–H groups in total. The number of hydrogen-bond acceptors (Lipinski definition) is 4. The molecule has 0 spiro atoms. The van der Waals surface area contributed by atoms with Gasteiger partial charge in [-0.3, -0.25) is 11.3 Å². The molecule has 1 unspecified atom stereocenters. The van der Waals surface area contributed by atoms with Crippen molar-refractivity contribution in [2.45, 2.75) is 26.3 Å². The SMILES string of the molecule is Cc1csc(CC(NN)c2ccc(F)cc2C)n1. The van der Waals surface area contributed by atoms with Crippen LogP contribution in [0.5, 0.6) is 0 Å². The van der Waals surface area contributed by atoms with Gasteiger partial charge in [0.05, 0.1) is 11.0 Å². The van der Waals surface area contributed by atoms with E-state index in [-0.39, 0.29) is 11.9 Å². The maximum atomic E-state index is 13.1. The maximum absolute atomic E-state index is 13.1. The summed E-state index contributed by atoms with van der Waals surface area (Å²) < 4.78 is 13.1. The monoisotopic (exact) mass is 265 g/mol. The third-order valence-electron chi connectivity index (χ3n) is 2.85. The number of nitrogens with two attached hydrogens (primary N) is 1. The Bertz CT molecular complexity index is 539. The Morgan fingerprint density at radius 1 is 1.44 bits per heavy atom. The lowest BCUT2D eigenvalue weighted by Crippen LogP contribution is -2.30. The summed E-state index contributed by atoms with van der Waals surface area (Å²) in [5.41, 5.74) is 5.70. The molecule has 0 saturated carbocycles. The molecule has 96 valence electrons. The average Bonchev–Trinajstić information content (AvgIpc) is 2.72. The summed E-state index contributed by atoms with van der Waals surface area (Å²) in [7, 11) is 0. The Hall–Kier alpha value is -1.30. The van der Waals surface area contributed by atoms with E-state index in [0.717, 1.165) is 21.8 Å². The summed E-state index contributed by atoms with van der Waals surface area (Å²) in [6.07, 6.45) is 0.710. The molecule has 0 saturated heterocycles. The van der Waals surface area contributed by atoms with E-state index in [0.29, 0.717) is 6.42 Å². The average molecular weight is 265 g/mol. The molecule has 3 nitrogen and oxygen atoms in total. The van der Waals surface area contributed by atoms with Crippen LogP contribution in [0.1, 0.15) is 27.9 Å². The second-order valence-electron chi connectivity index (χ2n) is 4.31. The fourth-order valence-electron chi connectivity index (χ4n) is 1.96. The first-order valence-corrected chi connectivity index (χ1v) is 6.61. The topological polar surface area (TPSA) is 50.9 Å². The minimum atomic E-state index is -0.225. The van der Waals surface area contributed by atoms with E-state index in [1.807, 2.05) is 19.2 Å². The van der Waals surface area contributed by atoms with Gasteiger partial charge in [0.1, 0.15) is 5.82 Å². The first kappa shape index (κ1) is 13.1. The third-order valence-corrected chi connectivity index (χ3v) is 3.84. The molecular formula is C13H16FN3S. The van der Waals surface area contributed by atoms with Crippen molar-refractivity contribution < 1.29 is 4.39 Å². The van der Waals surface area contributed by atoms with E-state index < -0.39 is 0 Å². The molecule has 0 radical (unpaired) electrons. The Labute approximate surface area is 110 Å². The number of benzene rings is 1. The van der Waals surface area contributed by atoms with Crippen molar-refractivity contribution in [2.75, 3.05) is 0 Å². The highest BCUT2D eigenvalue weighted by Crippen LogP contribution is 2.23. The number of thiazole rings is 1. The van der Waals surface area contributed by atoms with Crippen LogP contribution in [-0.4, -0.2) is 4.98 Å². The van der Waals surface area contributed by atoms with Crippen LogP contribution in [-0.2, 0) is 6.42 Å². The molecule has 5 heteroatoms. The molecule has 1 heterocycles. The lowest BCUT2D eigenvalue weighted by molar-refractivity contribution is 0.545. The lowest BCUT2D eigenvalue weighted by atomic mass is 9.99. The lowest BCUT2D eigenvalue weighted by Gasteiger charge is -2.17. The van der Waals surface area contributed by atoms with Gasteiger partial charge in [-0.15, -0.1) is 11.3 Å². The fourth-order valence-corrected chi connectivity index (χ4v) is 2.78. The van der Waals surface area contributed by atoms with Crippen LogP contribution >= 0.6 is 11.3 Å². The van der Waals surface area contributed by atoms with Crippen LogP contribution in [0.2, 0.25) is 0 Å². The molecule has 0 amide bonds. The zero-order chi connectivity index (χ0) is 13.1. The molecule has 2 aromatic rings. The third kappa shape index (κ3) is 2.93. The Morgan fingerprint density at radius 2 is 2.22 bits per heavy atom. The van der Waals surface area contributed by atoms with Gasteiger partial charge in [0, 0.05) is 17.5 Å². The maximum Gasteiger partial charge on any atom is 0.123 e. The first-order valence-electron chi connectivity index (χ1n) is 5.73. The van der Waals surface area contributed by atoms with Gasteiger partial charge in [-0.05, 0) is 37.1 Å². The Morgan fingerprint density at radius 3 is 2.78 bits per heavy atom. The number of nitrogens with zero attached hydrogens (tertiary/aromatic N) is 1. The van der Waals surface area contributed by atoms with E-state index >= 15 is 0 Å². The fraction of sp³-hybridized carbons (Fsp3) is 0.308. The Balaban J connectivity index is 2.22. The van der Waals surface area contributed by atoms with Crippen molar-refractivity contribution in [3.05, 3.63) is 51.2 Å². The number of rotatable bonds is 4. The van der Waals surface area contributed by atoms with Crippen LogP contribution in [0.3, 0.4) is 0 Å². The van der Waals surface area contributed by atoms with Gasteiger partial charge in [0.2, 0.25) is 0 Å². The number of hydrogen-bond donors (Lipinski definition) is 2. The van der Waals surface area contributed by atoms with Crippen LogP contribution < -0.4 is 11.3 Å². The van der Waals surface area contributed by atoms with Gasteiger partial charge >= 0.3 is 0 Å². The predicted molar refractivity (Wildman–Crippen MR) is 71.8 cm³/mol. The molecule has 1 atom stereocenters. The largest absolute Gasteiger partial charge is 0.271 e. The minimum Gasteiger partial charge on any atom is -0.271 e. The zero-order valence-corrected chi connectivity index (χ0v) is 11.2. The van der Waals surface area contributed by atoms with Crippen molar-refractivity contribution in [1.82, 2.24) is 10.4 Å². The molecule has 0 aliphatic heterocycles. The van der Waals surface area contributed by atoms with Gasteiger partial charge < -0.3 is 0 Å². The molecule has 2 rings (SSSR count).